The Morgan fingerprint density at radius 1 is 1.10 bits per heavy atom. The maximum atomic E-state index is 11.1. The van der Waals surface area contributed by atoms with Gasteiger partial charge in [-0.3, -0.25) is 4.79 Å². The van der Waals surface area contributed by atoms with Crippen LogP contribution < -0.4 is 15.5 Å². The highest BCUT2D eigenvalue weighted by atomic mass is 16.5. The average molecular weight is 286 g/mol. The zero-order valence-electron chi connectivity index (χ0n) is 12.7. The monoisotopic (exact) mass is 286 g/mol. The molecule has 112 valence electrons. The third-order valence-corrected chi connectivity index (χ3v) is 3.26. The fraction of sp³-hybridized carbons (Fsp3) is 0.353. The SMILES string of the molecule is CNC(Cn1ccc(=O)cc1)c1ccc(OC(C)C)cc1. The lowest BCUT2D eigenvalue weighted by atomic mass is 10.1. The van der Waals surface area contributed by atoms with Crippen LogP contribution in [0.1, 0.15) is 25.5 Å². The van der Waals surface area contributed by atoms with Crippen molar-refractivity contribution in [3.05, 3.63) is 64.6 Å². The number of aromatic nitrogens is 1. The van der Waals surface area contributed by atoms with Crippen LogP contribution in [0.25, 0.3) is 0 Å². The van der Waals surface area contributed by atoms with Gasteiger partial charge in [0.2, 0.25) is 0 Å². The van der Waals surface area contributed by atoms with E-state index in [4.69, 9.17) is 4.74 Å². The third-order valence-electron chi connectivity index (χ3n) is 3.26. The molecule has 2 aromatic rings. The molecule has 1 heterocycles. The molecule has 0 aliphatic carbocycles. The summed E-state index contributed by atoms with van der Waals surface area (Å²) >= 11 is 0. The first kappa shape index (κ1) is 15.3. The first-order valence-corrected chi connectivity index (χ1v) is 7.18. The Labute approximate surface area is 125 Å². The van der Waals surface area contributed by atoms with E-state index in [9.17, 15) is 4.79 Å². The lowest BCUT2D eigenvalue weighted by Gasteiger charge is -2.19. The van der Waals surface area contributed by atoms with E-state index in [0.29, 0.717) is 0 Å². The molecular formula is C17H22N2O2. The van der Waals surface area contributed by atoms with Gasteiger partial charge in [0.05, 0.1) is 6.10 Å². The van der Waals surface area contributed by atoms with Crippen LogP contribution in [0.3, 0.4) is 0 Å². The van der Waals surface area contributed by atoms with Crippen molar-refractivity contribution in [3.8, 4) is 5.75 Å². The van der Waals surface area contributed by atoms with Crippen molar-refractivity contribution >= 4 is 0 Å². The molecule has 2 rings (SSSR count). The average Bonchev–Trinajstić information content (AvgIpc) is 2.47. The molecule has 1 unspecified atom stereocenters. The van der Waals surface area contributed by atoms with E-state index in [1.165, 1.54) is 5.56 Å². The van der Waals surface area contributed by atoms with Gasteiger partial charge >= 0.3 is 0 Å². The van der Waals surface area contributed by atoms with Crippen molar-refractivity contribution in [2.24, 2.45) is 0 Å². The highest BCUT2D eigenvalue weighted by Crippen LogP contribution is 2.19. The summed E-state index contributed by atoms with van der Waals surface area (Å²) in [4.78, 5) is 11.1. The summed E-state index contributed by atoms with van der Waals surface area (Å²) in [5.74, 6) is 0.881. The first-order valence-electron chi connectivity index (χ1n) is 7.18. The van der Waals surface area contributed by atoms with Crippen LogP contribution >= 0.6 is 0 Å². The predicted octanol–water partition coefficient (Wildman–Crippen LogP) is 2.60. The van der Waals surface area contributed by atoms with Crippen molar-refractivity contribution in [1.82, 2.24) is 9.88 Å². The highest BCUT2D eigenvalue weighted by Gasteiger charge is 2.09. The summed E-state index contributed by atoms with van der Waals surface area (Å²) in [5.41, 5.74) is 1.22. The Morgan fingerprint density at radius 3 is 2.24 bits per heavy atom. The summed E-state index contributed by atoms with van der Waals surface area (Å²) in [7, 11) is 1.94. The number of ether oxygens (including phenoxy) is 1. The summed E-state index contributed by atoms with van der Waals surface area (Å²) in [6, 6.07) is 11.5. The highest BCUT2D eigenvalue weighted by molar-refractivity contribution is 5.29. The molecule has 0 spiro atoms. The van der Waals surface area contributed by atoms with E-state index in [0.717, 1.165) is 12.3 Å². The maximum Gasteiger partial charge on any atom is 0.181 e. The van der Waals surface area contributed by atoms with Gasteiger partial charge in [-0.25, -0.2) is 0 Å². The molecule has 21 heavy (non-hydrogen) atoms. The molecule has 0 aliphatic rings. The van der Waals surface area contributed by atoms with Gasteiger partial charge < -0.3 is 14.6 Å². The van der Waals surface area contributed by atoms with Gasteiger partial charge in [-0.2, -0.15) is 0 Å². The first-order chi connectivity index (χ1) is 10.1. The van der Waals surface area contributed by atoms with Crippen LogP contribution in [0.4, 0.5) is 0 Å². The minimum absolute atomic E-state index is 0.0300. The normalized spacial score (nSPS) is 12.4. The van der Waals surface area contributed by atoms with Gasteiger partial charge in [0.25, 0.3) is 0 Å². The summed E-state index contributed by atoms with van der Waals surface area (Å²) in [6.45, 7) is 4.79. The molecule has 0 saturated heterocycles. The quantitative estimate of drug-likeness (QED) is 0.887. The smallest absolute Gasteiger partial charge is 0.181 e. The van der Waals surface area contributed by atoms with E-state index in [-0.39, 0.29) is 17.6 Å². The summed E-state index contributed by atoms with van der Waals surface area (Å²) < 4.78 is 7.65. The predicted molar refractivity (Wildman–Crippen MR) is 84.7 cm³/mol. The Morgan fingerprint density at radius 2 is 1.71 bits per heavy atom. The molecular weight excluding hydrogens is 264 g/mol. The van der Waals surface area contributed by atoms with Crippen molar-refractivity contribution in [3.63, 3.8) is 0 Å². The number of hydrogen-bond acceptors (Lipinski definition) is 3. The third kappa shape index (κ3) is 4.46. The van der Waals surface area contributed by atoms with Gasteiger partial charge in [0.1, 0.15) is 5.75 Å². The van der Waals surface area contributed by atoms with Gasteiger partial charge in [-0.1, -0.05) is 12.1 Å². The van der Waals surface area contributed by atoms with Gasteiger partial charge in [-0.15, -0.1) is 0 Å². The molecule has 0 bridgehead atoms. The van der Waals surface area contributed by atoms with Crippen LogP contribution in [-0.4, -0.2) is 17.7 Å². The second kappa shape index (κ2) is 7.09. The molecule has 0 fully saturated rings. The Kier molecular flexibility index (Phi) is 5.17. The molecule has 1 aromatic heterocycles. The van der Waals surface area contributed by atoms with Gasteiger partial charge in [0, 0.05) is 37.1 Å². The van der Waals surface area contributed by atoms with Crippen LogP contribution in [-0.2, 0) is 6.54 Å². The van der Waals surface area contributed by atoms with Crippen molar-refractivity contribution in [1.29, 1.82) is 0 Å². The minimum atomic E-state index is 0.0300. The van der Waals surface area contributed by atoms with E-state index < -0.39 is 0 Å². The van der Waals surface area contributed by atoms with Crippen LogP contribution in [0.15, 0.2) is 53.6 Å². The molecule has 0 aliphatic heterocycles. The number of hydrogen-bond donors (Lipinski definition) is 1. The zero-order valence-corrected chi connectivity index (χ0v) is 12.7. The van der Waals surface area contributed by atoms with E-state index in [2.05, 4.69) is 17.4 Å². The van der Waals surface area contributed by atoms with E-state index in [1.54, 1.807) is 12.1 Å². The van der Waals surface area contributed by atoms with E-state index in [1.807, 2.05) is 50.0 Å². The van der Waals surface area contributed by atoms with Crippen molar-refractivity contribution < 1.29 is 4.74 Å². The second-order valence-electron chi connectivity index (χ2n) is 5.31. The summed E-state index contributed by atoms with van der Waals surface area (Å²) in [6.07, 6.45) is 3.79. The topological polar surface area (TPSA) is 43.3 Å². The van der Waals surface area contributed by atoms with Crippen molar-refractivity contribution in [2.75, 3.05) is 7.05 Å². The van der Waals surface area contributed by atoms with E-state index >= 15 is 0 Å². The largest absolute Gasteiger partial charge is 0.491 e. The standard InChI is InChI=1S/C17H22N2O2/c1-13(2)21-16-6-4-14(5-7-16)17(18-3)12-19-10-8-15(20)9-11-19/h4-11,13,17-18H,12H2,1-3H3. The lowest BCUT2D eigenvalue weighted by molar-refractivity contribution is 0.242. The minimum Gasteiger partial charge on any atom is -0.491 e. The number of likely N-dealkylation sites (N-methyl/N-ethyl adjacent to an activating group) is 1. The molecule has 0 saturated carbocycles. The molecule has 4 nitrogen and oxygen atoms in total. The van der Waals surface area contributed by atoms with Gasteiger partial charge in [0.15, 0.2) is 5.43 Å². The molecule has 4 heteroatoms. The molecule has 1 N–H and O–H groups in total. The maximum absolute atomic E-state index is 11.1. The zero-order chi connectivity index (χ0) is 15.2. The second-order valence-corrected chi connectivity index (χ2v) is 5.31. The number of pyridine rings is 1. The lowest BCUT2D eigenvalue weighted by Crippen LogP contribution is -2.22. The number of rotatable bonds is 6. The Hall–Kier alpha value is -2.07. The number of benzene rings is 1. The molecule has 1 aromatic carbocycles. The van der Waals surface area contributed by atoms with Crippen LogP contribution in [0.5, 0.6) is 5.75 Å². The van der Waals surface area contributed by atoms with Crippen molar-refractivity contribution in [2.45, 2.75) is 32.5 Å². The fourth-order valence-electron chi connectivity index (χ4n) is 2.19. The summed E-state index contributed by atoms with van der Waals surface area (Å²) in [5, 5.41) is 3.30. The van der Waals surface area contributed by atoms with Crippen LogP contribution in [0.2, 0.25) is 0 Å². The number of nitrogens with zero attached hydrogens (tertiary/aromatic N) is 1. The molecule has 0 radical (unpaired) electrons. The van der Waals surface area contributed by atoms with Gasteiger partial charge in [-0.05, 0) is 38.6 Å². The molecule has 1 atom stereocenters. The molecule has 0 amide bonds. The Bertz CT molecular complexity index is 597. The Balaban J connectivity index is 2.09. The van der Waals surface area contributed by atoms with Crippen LogP contribution in [0, 0.1) is 0 Å². The fourth-order valence-corrected chi connectivity index (χ4v) is 2.19. The number of nitrogens with one attached hydrogen (secondary N) is 1.